The van der Waals surface area contributed by atoms with Gasteiger partial charge in [0, 0.05) is 6.42 Å². The SMILES string of the molecule is C=C(CC)CC(=O)C1=CCCC1. The number of hydrogen-bond acceptors (Lipinski definition) is 1. The van der Waals surface area contributed by atoms with Gasteiger partial charge in [0.1, 0.15) is 0 Å². The zero-order chi connectivity index (χ0) is 8.97. The van der Waals surface area contributed by atoms with E-state index in [-0.39, 0.29) is 0 Å². The van der Waals surface area contributed by atoms with Gasteiger partial charge in [-0.1, -0.05) is 25.2 Å². The van der Waals surface area contributed by atoms with Crippen LogP contribution in [-0.4, -0.2) is 5.78 Å². The standard InChI is InChI=1S/C11H16O/c1-3-9(2)8-11(12)10-6-4-5-7-10/h6H,2-5,7-8H2,1H3. The highest BCUT2D eigenvalue weighted by Gasteiger charge is 2.13. The van der Waals surface area contributed by atoms with E-state index in [2.05, 4.69) is 12.7 Å². The number of rotatable bonds is 4. The summed E-state index contributed by atoms with van der Waals surface area (Å²) >= 11 is 0. The van der Waals surface area contributed by atoms with Crippen molar-refractivity contribution in [2.75, 3.05) is 0 Å². The van der Waals surface area contributed by atoms with Gasteiger partial charge in [0.25, 0.3) is 0 Å². The molecular formula is C11H16O. The van der Waals surface area contributed by atoms with E-state index in [1.54, 1.807) is 0 Å². The number of allylic oxidation sites excluding steroid dienone is 3. The van der Waals surface area contributed by atoms with E-state index < -0.39 is 0 Å². The number of carbonyl (C=O) groups excluding carboxylic acids is 1. The largest absolute Gasteiger partial charge is 0.294 e. The number of hydrogen-bond donors (Lipinski definition) is 0. The highest BCUT2D eigenvalue weighted by atomic mass is 16.1. The second-order valence-corrected chi connectivity index (χ2v) is 3.33. The molecule has 0 unspecified atom stereocenters. The highest BCUT2D eigenvalue weighted by molar-refractivity contribution is 5.97. The van der Waals surface area contributed by atoms with E-state index in [0.717, 1.165) is 36.8 Å². The van der Waals surface area contributed by atoms with Crippen molar-refractivity contribution in [2.24, 2.45) is 0 Å². The van der Waals surface area contributed by atoms with Crippen molar-refractivity contribution in [1.29, 1.82) is 0 Å². The maximum atomic E-state index is 11.5. The van der Waals surface area contributed by atoms with E-state index >= 15 is 0 Å². The molecule has 0 aromatic carbocycles. The summed E-state index contributed by atoms with van der Waals surface area (Å²) in [5, 5.41) is 0. The Morgan fingerprint density at radius 1 is 1.67 bits per heavy atom. The summed E-state index contributed by atoms with van der Waals surface area (Å²) < 4.78 is 0. The lowest BCUT2D eigenvalue weighted by atomic mass is 10.0. The van der Waals surface area contributed by atoms with Gasteiger partial charge in [0.15, 0.2) is 5.78 Å². The van der Waals surface area contributed by atoms with E-state index in [1.165, 1.54) is 0 Å². The fourth-order valence-electron chi connectivity index (χ4n) is 1.39. The highest BCUT2D eigenvalue weighted by Crippen LogP contribution is 2.21. The Morgan fingerprint density at radius 2 is 2.42 bits per heavy atom. The molecule has 0 heterocycles. The van der Waals surface area contributed by atoms with Gasteiger partial charge in [-0.2, -0.15) is 0 Å². The molecule has 0 aromatic rings. The first kappa shape index (κ1) is 9.24. The third-order valence-corrected chi connectivity index (χ3v) is 2.31. The van der Waals surface area contributed by atoms with Crippen LogP contribution in [0.15, 0.2) is 23.8 Å². The van der Waals surface area contributed by atoms with Crippen molar-refractivity contribution in [3.05, 3.63) is 23.8 Å². The van der Waals surface area contributed by atoms with Crippen LogP contribution in [0.5, 0.6) is 0 Å². The molecule has 0 bridgehead atoms. The summed E-state index contributed by atoms with van der Waals surface area (Å²) in [6.07, 6.45) is 6.77. The smallest absolute Gasteiger partial charge is 0.162 e. The van der Waals surface area contributed by atoms with Crippen LogP contribution in [-0.2, 0) is 4.79 Å². The second kappa shape index (κ2) is 4.24. The van der Waals surface area contributed by atoms with E-state index in [1.807, 2.05) is 6.92 Å². The molecule has 0 saturated carbocycles. The maximum Gasteiger partial charge on any atom is 0.162 e. The predicted molar refractivity (Wildman–Crippen MR) is 51.0 cm³/mol. The first-order chi connectivity index (χ1) is 5.74. The minimum absolute atomic E-state index is 0.291. The van der Waals surface area contributed by atoms with Crippen LogP contribution in [0.2, 0.25) is 0 Å². The lowest BCUT2D eigenvalue weighted by molar-refractivity contribution is -0.115. The summed E-state index contributed by atoms with van der Waals surface area (Å²) in [4.78, 5) is 11.5. The maximum absolute atomic E-state index is 11.5. The van der Waals surface area contributed by atoms with E-state index in [9.17, 15) is 4.79 Å². The molecule has 0 aromatic heterocycles. The van der Waals surface area contributed by atoms with Gasteiger partial charge >= 0.3 is 0 Å². The Balaban J connectivity index is 2.42. The van der Waals surface area contributed by atoms with Crippen LogP contribution in [0.3, 0.4) is 0 Å². The van der Waals surface area contributed by atoms with Crippen LogP contribution in [0.4, 0.5) is 0 Å². The monoisotopic (exact) mass is 164 g/mol. The van der Waals surface area contributed by atoms with Crippen LogP contribution in [0.25, 0.3) is 0 Å². The number of ketones is 1. The average molecular weight is 164 g/mol. The van der Waals surface area contributed by atoms with Crippen molar-refractivity contribution in [2.45, 2.75) is 39.0 Å². The predicted octanol–water partition coefficient (Wildman–Crippen LogP) is 3.02. The zero-order valence-corrected chi connectivity index (χ0v) is 7.73. The fourth-order valence-corrected chi connectivity index (χ4v) is 1.39. The van der Waals surface area contributed by atoms with Gasteiger partial charge in [-0.15, -0.1) is 0 Å². The third kappa shape index (κ3) is 2.33. The molecule has 0 radical (unpaired) electrons. The molecule has 1 heteroatoms. The first-order valence-corrected chi connectivity index (χ1v) is 4.63. The summed E-state index contributed by atoms with van der Waals surface area (Å²) in [6.45, 7) is 5.88. The van der Waals surface area contributed by atoms with Crippen LogP contribution in [0.1, 0.15) is 39.0 Å². The Hall–Kier alpha value is -0.850. The zero-order valence-electron chi connectivity index (χ0n) is 7.73. The minimum atomic E-state index is 0.291. The summed E-state index contributed by atoms with van der Waals surface area (Å²) in [5.41, 5.74) is 2.08. The third-order valence-electron chi connectivity index (χ3n) is 2.31. The van der Waals surface area contributed by atoms with E-state index in [4.69, 9.17) is 0 Å². The molecule has 0 N–H and O–H groups in total. The lowest BCUT2D eigenvalue weighted by Crippen LogP contribution is -2.01. The Morgan fingerprint density at radius 3 is 2.92 bits per heavy atom. The first-order valence-electron chi connectivity index (χ1n) is 4.63. The van der Waals surface area contributed by atoms with Gasteiger partial charge in [0.2, 0.25) is 0 Å². The molecule has 0 fully saturated rings. The normalized spacial score (nSPS) is 15.9. The summed E-state index contributed by atoms with van der Waals surface area (Å²) in [6, 6.07) is 0. The topological polar surface area (TPSA) is 17.1 Å². The van der Waals surface area contributed by atoms with Crippen molar-refractivity contribution >= 4 is 5.78 Å². The number of Topliss-reactive ketones (excluding diaryl/α,β-unsaturated/α-hetero) is 1. The summed E-state index contributed by atoms with van der Waals surface area (Å²) in [5.74, 6) is 0.291. The van der Waals surface area contributed by atoms with Crippen molar-refractivity contribution < 1.29 is 4.79 Å². The molecule has 0 amide bonds. The summed E-state index contributed by atoms with van der Waals surface area (Å²) in [7, 11) is 0. The number of carbonyl (C=O) groups is 1. The van der Waals surface area contributed by atoms with Crippen molar-refractivity contribution in [3.63, 3.8) is 0 Å². The van der Waals surface area contributed by atoms with Crippen LogP contribution >= 0.6 is 0 Å². The van der Waals surface area contributed by atoms with Gasteiger partial charge in [0.05, 0.1) is 0 Å². The molecule has 0 aliphatic heterocycles. The molecule has 1 nitrogen and oxygen atoms in total. The lowest BCUT2D eigenvalue weighted by Gasteiger charge is -2.01. The Labute approximate surface area is 74.2 Å². The van der Waals surface area contributed by atoms with Crippen LogP contribution < -0.4 is 0 Å². The Bertz CT molecular complexity index is 223. The van der Waals surface area contributed by atoms with E-state index in [0.29, 0.717) is 12.2 Å². The quantitative estimate of drug-likeness (QED) is 0.584. The van der Waals surface area contributed by atoms with Gasteiger partial charge in [-0.05, 0) is 31.3 Å². The molecule has 66 valence electrons. The molecule has 1 rings (SSSR count). The molecule has 1 aliphatic rings. The molecule has 0 saturated heterocycles. The molecule has 0 spiro atoms. The second-order valence-electron chi connectivity index (χ2n) is 3.33. The van der Waals surface area contributed by atoms with Crippen LogP contribution in [0, 0.1) is 0 Å². The van der Waals surface area contributed by atoms with Gasteiger partial charge in [-0.3, -0.25) is 4.79 Å². The minimum Gasteiger partial charge on any atom is -0.294 e. The molecule has 0 atom stereocenters. The van der Waals surface area contributed by atoms with Crippen molar-refractivity contribution in [1.82, 2.24) is 0 Å². The van der Waals surface area contributed by atoms with Gasteiger partial charge in [-0.25, -0.2) is 0 Å². The van der Waals surface area contributed by atoms with Gasteiger partial charge < -0.3 is 0 Å². The fraction of sp³-hybridized carbons (Fsp3) is 0.545. The molecule has 1 aliphatic carbocycles. The molecule has 12 heavy (non-hydrogen) atoms. The average Bonchev–Trinajstić information content (AvgIpc) is 2.56. The molecular weight excluding hydrogens is 148 g/mol. The van der Waals surface area contributed by atoms with Crippen molar-refractivity contribution in [3.8, 4) is 0 Å². The Kier molecular flexibility index (Phi) is 3.27.